The highest BCUT2D eigenvalue weighted by Crippen LogP contribution is 2.27. The van der Waals surface area contributed by atoms with Crippen molar-refractivity contribution in [2.75, 3.05) is 25.6 Å². The van der Waals surface area contributed by atoms with Crippen LogP contribution in [0.15, 0.2) is 36.4 Å². The molecule has 0 unspecified atom stereocenters. The number of aryl methyl sites for hydroxylation is 2. The van der Waals surface area contributed by atoms with Crippen LogP contribution in [0.4, 0.5) is 11.4 Å². The van der Waals surface area contributed by atoms with Gasteiger partial charge in [-0.15, -0.1) is 0 Å². The third kappa shape index (κ3) is 4.54. The van der Waals surface area contributed by atoms with Gasteiger partial charge in [0.25, 0.3) is 5.69 Å². The van der Waals surface area contributed by atoms with Gasteiger partial charge < -0.3 is 14.8 Å². The van der Waals surface area contributed by atoms with Gasteiger partial charge in [0.1, 0.15) is 11.4 Å². The SMILES string of the molecule is COCCNc1ccc(C(=O)Oc2c(C)cccc2C)cc1[N+](=O)[O-]. The Morgan fingerprint density at radius 2 is 1.88 bits per heavy atom. The summed E-state index contributed by atoms with van der Waals surface area (Å²) in [5, 5.41) is 14.2. The number of methoxy groups -OCH3 is 1. The van der Waals surface area contributed by atoms with E-state index in [0.29, 0.717) is 24.6 Å². The maximum absolute atomic E-state index is 12.4. The maximum atomic E-state index is 12.4. The molecule has 0 saturated heterocycles. The zero-order chi connectivity index (χ0) is 18.4. The Balaban J connectivity index is 2.25. The standard InChI is InChI=1S/C18H20N2O5/c1-12-5-4-6-13(2)17(12)25-18(21)14-7-8-15(19-9-10-24-3)16(11-14)20(22)23/h4-8,11,19H,9-10H2,1-3H3. The van der Waals surface area contributed by atoms with Crippen LogP contribution in [0.25, 0.3) is 0 Å². The molecule has 7 nitrogen and oxygen atoms in total. The molecular weight excluding hydrogens is 324 g/mol. The van der Waals surface area contributed by atoms with Crippen LogP contribution in [-0.4, -0.2) is 31.2 Å². The lowest BCUT2D eigenvalue weighted by atomic mass is 10.1. The Labute approximate surface area is 145 Å². The number of carbonyl (C=O) groups is 1. The van der Waals surface area contributed by atoms with Gasteiger partial charge in [0.15, 0.2) is 0 Å². The van der Waals surface area contributed by atoms with E-state index in [9.17, 15) is 14.9 Å². The van der Waals surface area contributed by atoms with E-state index in [0.717, 1.165) is 11.1 Å². The van der Waals surface area contributed by atoms with Gasteiger partial charge >= 0.3 is 5.97 Å². The number of ether oxygens (including phenoxy) is 2. The first-order valence-corrected chi connectivity index (χ1v) is 7.73. The Morgan fingerprint density at radius 1 is 1.20 bits per heavy atom. The molecule has 25 heavy (non-hydrogen) atoms. The van der Waals surface area contributed by atoms with E-state index in [1.807, 2.05) is 32.0 Å². The molecule has 7 heteroatoms. The molecule has 2 aromatic carbocycles. The first kappa shape index (κ1) is 18.4. The van der Waals surface area contributed by atoms with Gasteiger partial charge in [0, 0.05) is 19.7 Å². The molecule has 0 atom stereocenters. The molecule has 0 saturated carbocycles. The van der Waals surface area contributed by atoms with E-state index in [-0.39, 0.29) is 11.3 Å². The Bertz CT molecular complexity index is 769. The summed E-state index contributed by atoms with van der Waals surface area (Å²) in [4.78, 5) is 23.1. The van der Waals surface area contributed by atoms with Crippen LogP contribution in [-0.2, 0) is 4.74 Å². The summed E-state index contributed by atoms with van der Waals surface area (Å²) >= 11 is 0. The Morgan fingerprint density at radius 3 is 2.48 bits per heavy atom. The molecule has 0 aliphatic heterocycles. The van der Waals surface area contributed by atoms with E-state index >= 15 is 0 Å². The Hall–Kier alpha value is -2.93. The van der Waals surface area contributed by atoms with Gasteiger partial charge in [0.05, 0.1) is 17.1 Å². The van der Waals surface area contributed by atoms with Crippen LogP contribution in [0.2, 0.25) is 0 Å². The number of carbonyl (C=O) groups excluding carboxylic acids is 1. The molecule has 1 N–H and O–H groups in total. The molecule has 0 amide bonds. The van der Waals surface area contributed by atoms with E-state index in [1.165, 1.54) is 18.2 Å². The minimum atomic E-state index is -0.635. The molecule has 0 bridgehead atoms. The van der Waals surface area contributed by atoms with E-state index in [4.69, 9.17) is 9.47 Å². The molecule has 0 aliphatic rings. The highest BCUT2D eigenvalue weighted by atomic mass is 16.6. The average molecular weight is 344 g/mol. The number of nitro benzene ring substituents is 1. The van der Waals surface area contributed by atoms with Crippen molar-refractivity contribution in [1.82, 2.24) is 0 Å². The van der Waals surface area contributed by atoms with Crippen molar-refractivity contribution in [3.8, 4) is 5.75 Å². The van der Waals surface area contributed by atoms with Crippen LogP contribution in [0.3, 0.4) is 0 Å². The quantitative estimate of drug-likeness (QED) is 0.272. The first-order chi connectivity index (χ1) is 11.9. The largest absolute Gasteiger partial charge is 0.422 e. The number of benzene rings is 2. The fourth-order valence-electron chi connectivity index (χ4n) is 2.36. The lowest BCUT2D eigenvalue weighted by molar-refractivity contribution is -0.384. The third-order valence-corrected chi connectivity index (χ3v) is 3.66. The summed E-state index contributed by atoms with van der Waals surface area (Å²) in [7, 11) is 1.54. The first-order valence-electron chi connectivity index (χ1n) is 7.73. The van der Waals surface area contributed by atoms with Gasteiger partial charge in [-0.3, -0.25) is 10.1 Å². The van der Waals surface area contributed by atoms with Crippen molar-refractivity contribution in [3.05, 3.63) is 63.2 Å². The molecule has 2 rings (SSSR count). The zero-order valence-corrected chi connectivity index (χ0v) is 14.4. The summed E-state index contributed by atoms with van der Waals surface area (Å²) in [6.45, 7) is 4.50. The number of hydrogen-bond donors (Lipinski definition) is 1. The van der Waals surface area contributed by atoms with Crippen LogP contribution < -0.4 is 10.1 Å². The summed E-state index contributed by atoms with van der Waals surface area (Å²) in [6, 6.07) is 9.74. The maximum Gasteiger partial charge on any atom is 0.343 e. The smallest absolute Gasteiger partial charge is 0.343 e. The van der Waals surface area contributed by atoms with E-state index < -0.39 is 10.9 Å². The highest BCUT2D eigenvalue weighted by Gasteiger charge is 2.19. The zero-order valence-electron chi connectivity index (χ0n) is 14.4. The van der Waals surface area contributed by atoms with Crippen molar-refractivity contribution in [3.63, 3.8) is 0 Å². The number of para-hydroxylation sites is 1. The predicted octanol–water partition coefficient (Wildman–Crippen LogP) is 3.49. The molecule has 0 spiro atoms. The monoisotopic (exact) mass is 344 g/mol. The van der Waals surface area contributed by atoms with Crippen molar-refractivity contribution in [1.29, 1.82) is 0 Å². The molecule has 2 aromatic rings. The van der Waals surface area contributed by atoms with Crippen LogP contribution in [0.5, 0.6) is 5.75 Å². The van der Waals surface area contributed by atoms with E-state index in [2.05, 4.69) is 5.32 Å². The van der Waals surface area contributed by atoms with Gasteiger partial charge in [0.2, 0.25) is 0 Å². The van der Waals surface area contributed by atoms with Gasteiger partial charge in [-0.2, -0.15) is 0 Å². The molecule has 0 fully saturated rings. The summed E-state index contributed by atoms with van der Waals surface area (Å²) in [5.41, 5.74) is 1.89. The predicted molar refractivity (Wildman–Crippen MR) is 94.3 cm³/mol. The summed E-state index contributed by atoms with van der Waals surface area (Å²) in [6.07, 6.45) is 0. The second-order valence-electron chi connectivity index (χ2n) is 5.52. The number of esters is 1. The van der Waals surface area contributed by atoms with Crippen LogP contribution >= 0.6 is 0 Å². The topological polar surface area (TPSA) is 90.7 Å². The third-order valence-electron chi connectivity index (χ3n) is 3.66. The lowest BCUT2D eigenvalue weighted by Gasteiger charge is -2.11. The second-order valence-corrected chi connectivity index (χ2v) is 5.52. The molecule has 132 valence electrons. The van der Waals surface area contributed by atoms with Gasteiger partial charge in [-0.1, -0.05) is 18.2 Å². The minimum absolute atomic E-state index is 0.117. The molecule has 0 heterocycles. The number of hydrogen-bond acceptors (Lipinski definition) is 6. The molecule has 0 aliphatic carbocycles. The van der Waals surface area contributed by atoms with Crippen molar-refractivity contribution < 1.29 is 19.2 Å². The highest BCUT2D eigenvalue weighted by molar-refractivity contribution is 5.93. The van der Waals surface area contributed by atoms with Crippen LogP contribution in [0.1, 0.15) is 21.5 Å². The van der Waals surface area contributed by atoms with Gasteiger partial charge in [-0.25, -0.2) is 4.79 Å². The van der Waals surface area contributed by atoms with Crippen molar-refractivity contribution in [2.24, 2.45) is 0 Å². The number of anilines is 1. The number of nitrogens with zero attached hydrogens (tertiary/aromatic N) is 1. The summed E-state index contributed by atoms with van der Waals surface area (Å²) in [5.74, 6) is -0.165. The van der Waals surface area contributed by atoms with Crippen molar-refractivity contribution in [2.45, 2.75) is 13.8 Å². The molecule has 0 radical (unpaired) electrons. The molecular formula is C18H20N2O5. The van der Waals surface area contributed by atoms with Crippen molar-refractivity contribution >= 4 is 17.3 Å². The van der Waals surface area contributed by atoms with Crippen LogP contribution in [0, 0.1) is 24.0 Å². The fraction of sp³-hybridized carbons (Fsp3) is 0.278. The van der Waals surface area contributed by atoms with Gasteiger partial charge in [-0.05, 0) is 37.1 Å². The summed E-state index contributed by atoms with van der Waals surface area (Å²) < 4.78 is 10.3. The van der Waals surface area contributed by atoms with E-state index in [1.54, 1.807) is 7.11 Å². The Kier molecular flexibility index (Phi) is 6.08. The molecule has 0 aromatic heterocycles. The second kappa shape index (κ2) is 8.25. The fourth-order valence-corrected chi connectivity index (χ4v) is 2.36. The normalized spacial score (nSPS) is 10.4. The average Bonchev–Trinajstić information content (AvgIpc) is 2.58. The number of nitrogens with one attached hydrogen (secondary N) is 1. The lowest BCUT2D eigenvalue weighted by Crippen LogP contribution is -2.12. The number of nitro groups is 1. The number of rotatable bonds is 7. The minimum Gasteiger partial charge on any atom is -0.422 e.